The van der Waals surface area contributed by atoms with Crippen LogP contribution < -0.4 is 10.6 Å². The lowest BCUT2D eigenvalue weighted by atomic mass is 10.1. The van der Waals surface area contributed by atoms with Crippen molar-refractivity contribution >= 4 is 24.2 Å². The summed E-state index contributed by atoms with van der Waals surface area (Å²) in [7, 11) is 0. The van der Waals surface area contributed by atoms with Gasteiger partial charge in [-0.25, -0.2) is 0 Å². The quantitative estimate of drug-likeness (QED) is 0.849. The lowest BCUT2D eigenvalue weighted by Crippen LogP contribution is -2.53. The van der Waals surface area contributed by atoms with Gasteiger partial charge < -0.3 is 15.5 Å². The molecule has 0 aromatic heterocycles. The van der Waals surface area contributed by atoms with Crippen LogP contribution in [-0.2, 0) is 16.0 Å². The second-order valence-corrected chi connectivity index (χ2v) is 5.96. The number of rotatable bonds is 5. The summed E-state index contributed by atoms with van der Waals surface area (Å²) in [6.45, 7) is 6.42. The summed E-state index contributed by atoms with van der Waals surface area (Å²) in [5.41, 5.74) is 2.35. The van der Waals surface area contributed by atoms with E-state index in [9.17, 15) is 9.59 Å². The molecule has 5 nitrogen and oxygen atoms in total. The molecule has 23 heavy (non-hydrogen) atoms. The van der Waals surface area contributed by atoms with Crippen LogP contribution in [0.3, 0.4) is 0 Å². The summed E-state index contributed by atoms with van der Waals surface area (Å²) in [4.78, 5) is 25.7. The summed E-state index contributed by atoms with van der Waals surface area (Å²) in [6.07, 6.45) is 1.11. The summed E-state index contributed by atoms with van der Waals surface area (Å²) in [5, 5.41) is 6.02. The van der Waals surface area contributed by atoms with Crippen molar-refractivity contribution in [2.75, 3.05) is 26.2 Å². The highest BCUT2D eigenvalue weighted by Crippen LogP contribution is 2.05. The molecule has 2 rings (SSSR count). The number of aryl methyl sites for hydroxylation is 2. The van der Waals surface area contributed by atoms with E-state index in [4.69, 9.17) is 0 Å². The van der Waals surface area contributed by atoms with Crippen molar-refractivity contribution in [2.45, 2.75) is 32.7 Å². The van der Waals surface area contributed by atoms with E-state index in [0.29, 0.717) is 32.0 Å². The summed E-state index contributed by atoms with van der Waals surface area (Å²) >= 11 is 0. The molecule has 1 atom stereocenters. The van der Waals surface area contributed by atoms with E-state index in [1.54, 1.807) is 4.90 Å². The van der Waals surface area contributed by atoms with Crippen LogP contribution in [0.2, 0.25) is 0 Å². The van der Waals surface area contributed by atoms with Crippen LogP contribution in [0.4, 0.5) is 0 Å². The van der Waals surface area contributed by atoms with Crippen molar-refractivity contribution in [3.8, 4) is 0 Å². The molecule has 1 aliphatic rings. The third-order valence-corrected chi connectivity index (χ3v) is 3.92. The first-order valence-electron chi connectivity index (χ1n) is 7.88. The van der Waals surface area contributed by atoms with Crippen molar-refractivity contribution in [1.82, 2.24) is 15.5 Å². The Morgan fingerprint density at radius 3 is 2.65 bits per heavy atom. The summed E-state index contributed by atoms with van der Waals surface area (Å²) in [6, 6.07) is 8.48. The maximum Gasteiger partial charge on any atom is 0.242 e. The fraction of sp³-hybridized carbons (Fsp3) is 0.529. The van der Waals surface area contributed by atoms with Crippen LogP contribution in [0.1, 0.15) is 24.5 Å². The molecule has 6 heteroatoms. The molecule has 1 saturated heterocycles. The number of halogens is 1. The fourth-order valence-corrected chi connectivity index (χ4v) is 2.55. The first-order valence-corrected chi connectivity index (χ1v) is 7.88. The molecule has 1 heterocycles. The normalized spacial score (nSPS) is 17.3. The fourth-order valence-electron chi connectivity index (χ4n) is 2.55. The minimum absolute atomic E-state index is 0. The Hall–Kier alpha value is -1.59. The van der Waals surface area contributed by atoms with Gasteiger partial charge in [-0.05, 0) is 25.8 Å². The van der Waals surface area contributed by atoms with Gasteiger partial charge in [0.1, 0.15) is 0 Å². The second-order valence-electron chi connectivity index (χ2n) is 5.96. The van der Waals surface area contributed by atoms with Gasteiger partial charge in [-0.15, -0.1) is 12.4 Å². The molecule has 0 radical (unpaired) electrons. The first kappa shape index (κ1) is 19.5. The number of amides is 2. The zero-order chi connectivity index (χ0) is 15.9. The Kier molecular flexibility index (Phi) is 8.06. The maximum atomic E-state index is 12.0. The number of hydrogen-bond acceptors (Lipinski definition) is 3. The third-order valence-electron chi connectivity index (χ3n) is 3.92. The van der Waals surface area contributed by atoms with Crippen LogP contribution in [0, 0.1) is 6.92 Å². The highest BCUT2D eigenvalue weighted by molar-refractivity contribution is 5.85. The SMILES string of the molecule is Cc1ccc(CCC(=O)NCC(=O)N2CCNC(C)C2)cc1.Cl. The molecule has 1 aromatic rings. The van der Waals surface area contributed by atoms with Gasteiger partial charge in [0, 0.05) is 32.1 Å². The van der Waals surface area contributed by atoms with Crippen molar-refractivity contribution in [1.29, 1.82) is 0 Å². The molecule has 1 aliphatic heterocycles. The van der Waals surface area contributed by atoms with E-state index >= 15 is 0 Å². The molecule has 2 N–H and O–H groups in total. The van der Waals surface area contributed by atoms with Gasteiger partial charge in [-0.2, -0.15) is 0 Å². The van der Waals surface area contributed by atoms with Crippen LogP contribution in [0.15, 0.2) is 24.3 Å². The van der Waals surface area contributed by atoms with Crippen LogP contribution in [-0.4, -0.2) is 48.9 Å². The van der Waals surface area contributed by atoms with E-state index in [2.05, 4.69) is 17.6 Å². The highest BCUT2D eigenvalue weighted by atomic mass is 35.5. The van der Waals surface area contributed by atoms with Crippen LogP contribution >= 0.6 is 12.4 Å². The molecular weight excluding hydrogens is 314 g/mol. The predicted molar refractivity (Wildman–Crippen MR) is 93.8 cm³/mol. The highest BCUT2D eigenvalue weighted by Gasteiger charge is 2.20. The van der Waals surface area contributed by atoms with Gasteiger partial charge in [0.05, 0.1) is 6.54 Å². The number of benzene rings is 1. The molecule has 0 aliphatic carbocycles. The number of nitrogens with zero attached hydrogens (tertiary/aromatic N) is 1. The molecule has 1 fully saturated rings. The van der Waals surface area contributed by atoms with Crippen molar-refractivity contribution < 1.29 is 9.59 Å². The largest absolute Gasteiger partial charge is 0.347 e. The van der Waals surface area contributed by atoms with E-state index in [0.717, 1.165) is 12.1 Å². The zero-order valence-electron chi connectivity index (χ0n) is 13.8. The van der Waals surface area contributed by atoms with Gasteiger partial charge in [0.25, 0.3) is 0 Å². The molecule has 1 unspecified atom stereocenters. The smallest absolute Gasteiger partial charge is 0.242 e. The minimum Gasteiger partial charge on any atom is -0.347 e. The minimum atomic E-state index is -0.0721. The van der Waals surface area contributed by atoms with E-state index in [1.165, 1.54) is 5.56 Å². The Bertz CT molecular complexity index is 519. The Labute approximate surface area is 144 Å². The number of nitrogens with one attached hydrogen (secondary N) is 2. The molecule has 0 bridgehead atoms. The Balaban J connectivity index is 0.00000264. The van der Waals surface area contributed by atoms with Crippen LogP contribution in [0.5, 0.6) is 0 Å². The topological polar surface area (TPSA) is 61.4 Å². The molecule has 0 spiro atoms. The van der Waals surface area contributed by atoms with E-state index in [-0.39, 0.29) is 30.8 Å². The van der Waals surface area contributed by atoms with E-state index in [1.807, 2.05) is 31.2 Å². The standard InChI is InChI=1S/C17H25N3O2.ClH/c1-13-3-5-15(6-4-13)7-8-16(21)19-11-17(22)20-10-9-18-14(2)12-20;/h3-6,14,18H,7-12H2,1-2H3,(H,19,21);1H. The van der Waals surface area contributed by atoms with Crippen molar-refractivity contribution in [3.63, 3.8) is 0 Å². The molecule has 128 valence electrons. The lowest BCUT2D eigenvalue weighted by Gasteiger charge is -2.31. The third kappa shape index (κ3) is 6.59. The monoisotopic (exact) mass is 339 g/mol. The number of piperazine rings is 1. The van der Waals surface area contributed by atoms with Gasteiger partial charge in [0.15, 0.2) is 0 Å². The molecule has 1 aromatic carbocycles. The average Bonchev–Trinajstić information content (AvgIpc) is 2.52. The van der Waals surface area contributed by atoms with Gasteiger partial charge in [0.2, 0.25) is 11.8 Å². The summed E-state index contributed by atoms with van der Waals surface area (Å²) in [5.74, 6) is -0.0749. The summed E-state index contributed by atoms with van der Waals surface area (Å²) < 4.78 is 0. The Morgan fingerprint density at radius 1 is 1.30 bits per heavy atom. The maximum absolute atomic E-state index is 12.0. The van der Waals surface area contributed by atoms with Gasteiger partial charge in [-0.1, -0.05) is 29.8 Å². The second kappa shape index (κ2) is 9.53. The number of hydrogen-bond donors (Lipinski definition) is 2. The molecule has 2 amide bonds. The van der Waals surface area contributed by atoms with Crippen LogP contribution in [0.25, 0.3) is 0 Å². The van der Waals surface area contributed by atoms with Crippen molar-refractivity contribution in [3.05, 3.63) is 35.4 Å². The van der Waals surface area contributed by atoms with E-state index < -0.39 is 0 Å². The van der Waals surface area contributed by atoms with Gasteiger partial charge in [-0.3, -0.25) is 9.59 Å². The number of carbonyl (C=O) groups is 2. The molecular formula is C17H26ClN3O2. The molecule has 0 saturated carbocycles. The average molecular weight is 340 g/mol. The Morgan fingerprint density at radius 2 is 2.00 bits per heavy atom. The number of carbonyl (C=O) groups excluding carboxylic acids is 2. The lowest BCUT2D eigenvalue weighted by molar-refractivity contribution is -0.133. The predicted octanol–water partition coefficient (Wildman–Crippen LogP) is 1.29. The van der Waals surface area contributed by atoms with Crippen molar-refractivity contribution in [2.24, 2.45) is 0 Å². The first-order chi connectivity index (χ1) is 10.5. The zero-order valence-corrected chi connectivity index (χ0v) is 14.6. The van der Waals surface area contributed by atoms with Gasteiger partial charge >= 0.3 is 0 Å².